The molecule has 1 aliphatic heterocycles. The molecule has 1 aliphatic rings. The van der Waals surface area contributed by atoms with Crippen LogP contribution in [0.1, 0.15) is 25.3 Å². The third kappa shape index (κ3) is 3.07. The molecule has 4 heteroatoms. The molecular weight excluding hydrogens is 240 g/mol. The second-order valence-corrected chi connectivity index (χ2v) is 5.37. The van der Waals surface area contributed by atoms with Crippen molar-refractivity contribution in [3.63, 3.8) is 0 Å². The molecule has 1 N–H and O–H groups in total. The topological polar surface area (TPSA) is 41.6 Å². The van der Waals surface area contributed by atoms with Gasteiger partial charge < -0.3 is 15.0 Å². The van der Waals surface area contributed by atoms with E-state index in [1.807, 2.05) is 38.2 Å². The second kappa shape index (κ2) is 5.61. The molecule has 0 spiro atoms. The number of benzene rings is 1. The molecule has 104 valence electrons. The van der Waals surface area contributed by atoms with Gasteiger partial charge in [0.15, 0.2) is 0 Å². The lowest BCUT2D eigenvalue weighted by molar-refractivity contribution is -0.136. The number of nitrogens with one attached hydrogen (secondary N) is 1. The van der Waals surface area contributed by atoms with Crippen molar-refractivity contribution in [2.45, 2.75) is 31.8 Å². The maximum atomic E-state index is 12.4. The Kier molecular flexibility index (Phi) is 4.10. The Hall–Kier alpha value is -1.55. The third-order valence-electron chi connectivity index (χ3n) is 3.77. The van der Waals surface area contributed by atoms with Gasteiger partial charge in [0.25, 0.3) is 0 Å². The predicted octanol–water partition coefficient (Wildman–Crippen LogP) is 1.80. The number of methoxy groups -OCH3 is 1. The highest BCUT2D eigenvalue weighted by molar-refractivity contribution is 5.86. The van der Waals surface area contributed by atoms with Gasteiger partial charge in [0, 0.05) is 13.6 Å². The molecule has 0 aliphatic carbocycles. The van der Waals surface area contributed by atoms with E-state index in [4.69, 9.17) is 4.74 Å². The van der Waals surface area contributed by atoms with Crippen LogP contribution >= 0.6 is 0 Å². The maximum absolute atomic E-state index is 12.4. The van der Waals surface area contributed by atoms with Crippen molar-refractivity contribution in [3.8, 4) is 5.75 Å². The Bertz CT molecular complexity index is 436. The molecule has 0 bridgehead atoms. The average Bonchev–Trinajstić information content (AvgIpc) is 2.87. The number of amides is 1. The number of nitrogens with zero attached hydrogens (tertiary/aromatic N) is 1. The highest BCUT2D eigenvalue weighted by atomic mass is 16.5. The number of carbonyl (C=O) groups excluding carboxylic acids is 1. The summed E-state index contributed by atoms with van der Waals surface area (Å²) in [5, 5.41) is 3.31. The van der Waals surface area contributed by atoms with E-state index in [1.165, 1.54) is 0 Å². The molecule has 1 aromatic carbocycles. The first kappa shape index (κ1) is 13.9. The standard InChI is InChI=1S/C15H22N2O2/c1-15(9-4-10-16-15)14(18)17(2)11-12-5-7-13(19-3)8-6-12/h5-8,16H,4,9-11H2,1-3H3. The van der Waals surface area contributed by atoms with E-state index in [0.29, 0.717) is 6.54 Å². The highest BCUT2D eigenvalue weighted by Gasteiger charge is 2.37. The Morgan fingerprint density at radius 2 is 2.11 bits per heavy atom. The van der Waals surface area contributed by atoms with Crippen LogP contribution in [0.15, 0.2) is 24.3 Å². The maximum Gasteiger partial charge on any atom is 0.242 e. The van der Waals surface area contributed by atoms with Crippen LogP contribution in [0.4, 0.5) is 0 Å². The molecule has 1 unspecified atom stereocenters. The summed E-state index contributed by atoms with van der Waals surface area (Å²) in [6.45, 7) is 3.55. The van der Waals surface area contributed by atoms with Crippen LogP contribution in [-0.2, 0) is 11.3 Å². The molecule has 0 radical (unpaired) electrons. The molecular formula is C15H22N2O2. The van der Waals surface area contributed by atoms with Gasteiger partial charge in [-0.25, -0.2) is 0 Å². The average molecular weight is 262 g/mol. The van der Waals surface area contributed by atoms with Gasteiger partial charge in [-0.2, -0.15) is 0 Å². The van der Waals surface area contributed by atoms with Crippen molar-refractivity contribution in [1.82, 2.24) is 10.2 Å². The van der Waals surface area contributed by atoms with Gasteiger partial charge in [0.1, 0.15) is 5.75 Å². The summed E-state index contributed by atoms with van der Waals surface area (Å²) >= 11 is 0. The Balaban J connectivity index is 1.99. The lowest BCUT2D eigenvalue weighted by Gasteiger charge is -2.29. The molecule has 19 heavy (non-hydrogen) atoms. The Morgan fingerprint density at radius 1 is 1.42 bits per heavy atom. The van der Waals surface area contributed by atoms with Crippen molar-refractivity contribution in [2.75, 3.05) is 20.7 Å². The zero-order valence-corrected chi connectivity index (χ0v) is 11.9. The molecule has 1 heterocycles. The number of likely N-dealkylation sites (N-methyl/N-ethyl adjacent to an activating group) is 1. The summed E-state index contributed by atoms with van der Waals surface area (Å²) < 4.78 is 5.13. The van der Waals surface area contributed by atoms with Crippen molar-refractivity contribution >= 4 is 5.91 Å². The predicted molar refractivity (Wildman–Crippen MR) is 75.1 cm³/mol. The molecule has 1 aromatic rings. The lowest BCUT2D eigenvalue weighted by atomic mass is 9.98. The smallest absolute Gasteiger partial charge is 0.242 e. The Labute approximate surface area is 114 Å². The van der Waals surface area contributed by atoms with Gasteiger partial charge in [0.2, 0.25) is 5.91 Å². The zero-order valence-electron chi connectivity index (χ0n) is 11.9. The van der Waals surface area contributed by atoms with E-state index >= 15 is 0 Å². The van der Waals surface area contributed by atoms with Gasteiger partial charge in [-0.3, -0.25) is 4.79 Å². The first-order valence-electron chi connectivity index (χ1n) is 6.69. The first-order valence-corrected chi connectivity index (χ1v) is 6.69. The summed E-state index contributed by atoms with van der Waals surface area (Å²) in [4.78, 5) is 14.2. The molecule has 0 saturated carbocycles. The molecule has 1 atom stereocenters. The molecule has 1 fully saturated rings. The summed E-state index contributed by atoms with van der Waals surface area (Å²) in [5.41, 5.74) is 0.722. The first-order chi connectivity index (χ1) is 9.05. The number of ether oxygens (including phenoxy) is 1. The van der Waals surface area contributed by atoms with Crippen LogP contribution in [-0.4, -0.2) is 37.0 Å². The van der Waals surface area contributed by atoms with E-state index < -0.39 is 0 Å². The van der Waals surface area contributed by atoms with Crippen LogP contribution in [0.25, 0.3) is 0 Å². The monoisotopic (exact) mass is 262 g/mol. The van der Waals surface area contributed by atoms with Crippen LogP contribution in [0, 0.1) is 0 Å². The van der Waals surface area contributed by atoms with Crippen molar-refractivity contribution in [3.05, 3.63) is 29.8 Å². The fraction of sp³-hybridized carbons (Fsp3) is 0.533. The van der Waals surface area contributed by atoms with E-state index in [9.17, 15) is 4.79 Å². The number of hydrogen-bond donors (Lipinski definition) is 1. The van der Waals surface area contributed by atoms with Crippen LogP contribution in [0.5, 0.6) is 5.75 Å². The zero-order chi connectivity index (χ0) is 13.9. The van der Waals surface area contributed by atoms with Gasteiger partial charge in [0.05, 0.1) is 12.6 Å². The highest BCUT2D eigenvalue weighted by Crippen LogP contribution is 2.22. The lowest BCUT2D eigenvalue weighted by Crippen LogP contribution is -2.51. The van der Waals surface area contributed by atoms with Crippen molar-refractivity contribution in [2.24, 2.45) is 0 Å². The van der Waals surface area contributed by atoms with Gasteiger partial charge in [-0.15, -0.1) is 0 Å². The largest absolute Gasteiger partial charge is 0.497 e. The minimum absolute atomic E-state index is 0.167. The molecule has 1 saturated heterocycles. The summed E-state index contributed by atoms with van der Waals surface area (Å²) in [5.74, 6) is 1.00. The van der Waals surface area contributed by atoms with Crippen LogP contribution in [0.2, 0.25) is 0 Å². The summed E-state index contributed by atoms with van der Waals surface area (Å²) in [6, 6.07) is 7.83. The summed E-state index contributed by atoms with van der Waals surface area (Å²) in [6.07, 6.45) is 1.98. The van der Waals surface area contributed by atoms with Crippen molar-refractivity contribution < 1.29 is 9.53 Å². The number of carbonyl (C=O) groups is 1. The number of rotatable bonds is 4. The molecule has 0 aromatic heterocycles. The minimum atomic E-state index is -0.388. The van der Waals surface area contributed by atoms with E-state index in [2.05, 4.69) is 5.32 Å². The fourth-order valence-corrected chi connectivity index (χ4v) is 2.58. The second-order valence-electron chi connectivity index (χ2n) is 5.37. The van der Waals surface area contributed by atoms with Gasteiger partial charge >= 0.3 is 0 Å². The quantitative estimate of drug-likeness (QED) is 0.899. The third-order valence-corrected chi connectivity index (χ3v) is 3.77. The van der Waals surface area contributed by atoms with E-state index in [0.717, 1.165) is 30.7 Å². The molecule has 1 amide bonds. The van der Waals surface area contributed by atoms with Gasteiger partial charge in [-0.1, -0.05) is 12.1 Å². The SMILES string of the molecule is COc1ccc(CN(C)C(=O)C2(C)CCCN2)cc1. The van der Waals surface area contributed by atoms with E-state index in [-0.39, 0.29) is 11.4 Å². The minimum Gasteiger partial charge on any atom is -0.497 e. The van der Waals surface area contributed by atoms with Crippen LogP contribution < -0.4 is 10.1 Å². The Morgan fingerprint density at radius 3 is 2.63 bits per heavy atom. The summed E-state index contributed by atoms with van der Waals surface area (Å²) in [7, 11) is 3.51. The van der Waals surface area contributed by atoms with E-state index in [1.54, 1.807) is 12.0 Å². The molecule has 2 rings (SSSR count). The van der Waals surface area contributed by atoms with Crippen LogP contribution in [0.3, 0.4) is 0 Å². The van der Waals surface area contributed by atoms with Gasteiger partial charge in [-0.05, 0) is 44.0 Å². The number of hydrogen-bond acceptors (Lipinski definition) is 3. The van der Waals surface area contributed by atoms with Crippen molar-refractivity contribution in [1.29, 1.82) is 0 Å². The fourth-order valence-electron chi connectivity index (χ4n) is 2.58. The normalized spacial score (nSPS) is 22.3. The molecule has 4 nitrogen and oxygen atoms in total.